The molecular formula is C23H25NO4. The van der Waals surface area contributed by atoms with Gasteiger partial charge in [-0.1, -0.05) is 60.7 Å². The Balaban J connectivity index is 1.74. The van der Waals surface area contributed by atoms with Crippen LogP contribution >= 0.6 is 0 Å². The lowest BCUT2D eigenvalue weighted by atomic mass is 9.52. The summed E-state index contributed by atoms with van der Waals surface area (Å²) in [6, 6.07) is 19.7. The van der Waals surface area contributed by atoms with Crippen molar-refractivity contribution < 1.29 is 19.1 Å². The number of hydrogen-bond donors (Lipinski definition) is 0. The fourth-order valence-electron chi connectivity index (χ4n) is 4.66. The molecule has 2 aromatic rings. The van der Waals surface area contributed by atoms with Crippen LogP contribution in [0.4, 0.5) is 0 Å². The standard InChI is InChI=1S/C23H25NO4/c1-27-23(26)21-18(16-8-4-2-5-9-16)20(19(21)17-10-6-3-7-11-17)22(25)24-12-14-28-15-13-24/h2-11,18-21H,12-15H2,1H3/t18-,19-,20?,21?/m0/s1. The van der Waals surface area contributed by atoms with Crippen LogP contribution in [-0.4, -0.2) is 50.2 Å². The van der Waals surface area contributed by atoms with Crippen LogP contribution in [0.15, 0.2) is 60.7 Å². The predicted octanol–water partition coefficient (Wildman–Crippen LogP) is 2.83. The zero-order chi connectivity index (χ0) is 19.5. The van der Waals surface area contributed by atoms with E-state index < -0.39 is 0 Å². The van der Waals surface area contributed by atoms with E-state index in [4.69, 9.17) is 9.47 Å². The van der Waals surface area contributed by atoms with Gasteiger partial charge in [-0.05, 0) is 11.1 Å². The number of carbonyl (C=O) groups excluding carboxylic acids is 2. The first-order valence-corrected chi connectivity index (χ1v) is 9.76. The number of carbonyl (C=O) groups is 2. The summed E-state index contributed by atoms with van der Waals surface area (Å²) in [6.07, 6.45) is 0. The quantitative estimate of drug-likeness (QED) is 0.767. The van der Waals surface area contributed by atoms with Gasteiger partial charge >= 0.3 is 5.97 Å². The summed E-state index contributed by atoms with van der Waals surface area (Å²) in [5.74, 6) is -1.18. The van der Waals surface area contributed by atoms with Gasteiger partial charge in [-0.2, -0.15) is 0 Å². The first-order chi connectivity index (χ1) is 13.7. The van der Waals surface area contributed by atoms with Crippen LogP contribution in [0.3, 0.4) is 0 Å². The molecule has 1 aliphatic carbocycles. The third-order valence-corrected chi connectivity index (χ3v) is 6.00. The number of amides is 1. The molecule has 0 aromatic heterocycles. The van der Waals surface area contributed by atoms with Crippen molar-refractivity contribution in [2.75, 3.05) is 33.4 Å². The normalized spacial score (nSPS) is 27.0. The van der Waals surface area contributed by atoms with Gasteiger partial charge in [-0.3, -0.25) is 9.59 Å². The molecule has 0 bridgehead atoms. The summed E-state index contributed by atoms with van der Waals surface area (Å²) in [7, 11) is 1.42. The Morgan fingerprint density at radius 2 is 1.36 bits per heavy atom. The average Bonchev–Trinajstić information content (AvgIpc) is 2.75. The molecule has 2 atom stereocenters. The molecule has 0 spiro atoms. The Morgan fingerprint density at radius 1 is 0.857 bits per heavy atom. The van der Waals surface area contributed by atoms with E-state index in [1.807, 2.05) is 65.6 Å². The second kappa shape index (κ2) is 8.15. The van der Waals surface area contributed by atoms with Gasteiger partial charge in [0, 0.05) is 24.9 Å². The lowest BCUT2D eigenvalue weighted by molar-refractivity contribution is -0.161. The van der Waals surface area contributed by atoms with Gasteiger partial charge in [0.1, 0.15) is 0 Å². The molecule has 146 valence electrons. The second-order valence-electron chi connectivity index (χ2n) is 7.39. The van der Waals surface area contributed by atoms with E-state index >= 15 is 0 Å². The highest BCUT2D eigenvalue weighted by Gasteiger charge is 2.59. The van der Waals surface area contributed by atoms with E-state index in [0.29, 0.717) is 26.3 Å². The van der Waals surface area contributed by atoms with E-state index in [1.165, 1.54) is 7.11 Å². The summed E-state index contributed by atoms with van der Waals surface area (Å²) in [5.41, 5.74) is 2.02. The average molecular weight is 379 g/mol. The highest BCUT2D eigenvalue weighted by atomic mass is 16.5. The highest BCUT2D eigenvalue weighted by molar-refractivity contribution is 5.88. The summed E-state index contributed by atoms with van der Waals surface area (Å²) in [4.78, 5) is 28.1. The number of ether oxygens (including phenoxy) is 2. The molecule has 0 unspecified atom stereocenters. The molecule has 2 aromatic carbocycles. The van der Waals surface area contributed by atoms with Gasteiger partial charge in [0.2, 0.25) is 5.91 Å². The monoisotopic (exact) mass is 379 g/mol. The first-order valence-electron chi connectivity index (χ1n) is 9.76. The maximum Gasteiger partial charge on any atom is 0.309 e. The van der Waals surface area contributed by atoms with Crippen LogP contribution in [0.2, 0.25) is 0 Å². The van der Waals surface area contributed by atoms with Crippen molar-refractivity contribution in [2.24, 2.45) is 11.8 Å². The lowest BCUT2D eigenvalue weighted by Gasteiger charge is -2.51. The fraction of sp³-hybridized carbons (Fsp3) is 0.391. The molecule has 28 heavy (non-hydrogen) atoms. The fourth-order valence-corrected chi connectivity index (χ4v) is 4.66. The van der Waals surface area contributed by atoms with Crippen LogP contribution in [0.25, 0.3) is 0 Å². The van der Waals surface area contributed by atoms with Crippen LogP contribution in [0.1, 0.15) is 23.0 Å². The van der Waals surface area contributed by atoms with Crippen LogP contribution in [0.5, 0.6) is 0 Å². The predicted molar refractivity (Wildman–Crippen MR) is 105 cm³/mol. The smallest absolute Gasteiger partial charge is 0.309 e. The van der Waals surface area contributed by atoms with E-state index in [9.17, 15) is 9.59 Å². The number of morpholine rings is 1. The van der Waals surface area contributed by atoms with Crippen molar-refractivity contribution in [2.45, 2.75) is 11.8 Å². The van der Waals surface area contributed by atoms with Gasteiger partial charge in [-0.15, -0.1) is 0 Å². The van der Waals surface area contributed by atoms with Gasteiger partial charge in [0.25, 0.3) is 0 Å². The Labute approximate surface area is 165 Å². The molecule has 2 fully saturated rings. The van der Waals surface area contributed by atoms with Gasteiger partial charge in [0.15, 0.2) is 0 Å². The number of benzene rings is 2. The van der Waals surface area contributed by atoms with Crippen molar-refractivity contribution in [1.29, 1.82) is 0 Å². The van der Waals surface area contributed by atoms with Gasteiger partial charge in [0.05, 0.1) is 32.2 Å². The first kappa shape index (κ1) is 18.7. The Kier molecular flexibility index (Phi) is 5.44. The summed E-state index contributed by atoms with van der Waals surface area (Å²) >= 11 is 0. The van der Waals surface area contributed by atoms with Crippen LogP contribution < -0.4 is 0 Å². The van der Waals surface area contributed by atoms with Gasteiger partial charge in [-0.25, -0.2) is 0 Å². The molecule has 1 saturated carbocycles. The topological polar surface area (TPSA) is 55.8 Å². The van der Waals surface area contributed by atoms with Crippen molar-refractivity contribution >= 4 is 11.9 Å². The SMILES string of the molecule is COC(=O)C1[C@@H](c2ccccc2)C(C(=O)N2CCOCC2)[C@@H]1c1ccccc1. The Hall–Kier alpha value is -2.66. The minimum absolute atomic E-state index is 0.103. The lowest BCUT2D eigenvalue weighted by Crippen LogP contribution is -2.56. The van der Waals surface area contributed by atoms with Crippen LogP contribution in [-0.2, 0) is 19.1 Å². The number of rotatable bonds is 4. The third kappa shape index (κ3) is 3.31. The number of methoxy groups -OCH3 is 1. The maximum absolute atomic E-state index is 13.5. The van der Waals surface area contributed by atoms with Crippen molar-refractivity contribution in [3.8, 4) is 0 Å². The Bertz CT molecular complexity index is 770. The summed E-state index contributed by atoms with van der Waals surface area (Å²) < 4.78 is 10.6. The molecule has 1 saturated heterocycles. The van der Waals surface area contributed by atoms with Crippen LogP contribution in [0, 0.1) is 11.8 Å². The number of nitrogens with zero attached hydrogens (tertiary/aromatic N) is 1. The summed E-state index contributed by atoms with van der Waals surface area (Å²) in [6.45, 7) is 2.32. The maximum atomic E-state index is 13.5. The zero-order valence-electron chi connectivity index (χ0n) is 16.0. The molecule has 1 aliphatic heterocycles. The molecule has 1 amide bonds. The molecule has 1 heterocycles. The highest BCUT2D eigenvalue weighted by Crippen LogP contribution is 2.58. The van der Waals surface area contributed by atoms with Crippen molar-refractivity contribution in [3.05, 3.63) is 71.8 Å². The second-order valence-corrected chi connectivity index (χ2v) is 7.39. The molecule has 5 heteroatoms. The molecule has 5 nitrogen and oxygen atoms in total. The van der Waals surface area contributed by atoms with E-state index in [0.717, 1.165) is 11.1 Å². The largest absolute Gasteiger partial charge is 0.469 e. The minimum Gasteiger partial charge on any atom is -0.469 e. The van der Waals surface area contributed by atoms with E-state index in [1.54, 1.807) is 0 Å². The zero-order valence-corrected chi connectivity index (χ0v) is 16.0. The number of hydrogen-bond acceptors (Lipinski definition) is 4. The van der Waals surface area contributed by atoms with E-state index in [-0.39, 0.29) is 35.5 Å². The molecule has 4 rings (SSSR count). The van der Waals surface area contributed by atoms with E-state index in [2.05, 4.69) is 0 Å². The molecule has 2 aliphatic rings. The van der Waals surface area contributed by atoms with Gasteiger partial charge < -0.3 is 14.4 Å². The van der Waals surface area contributed by atoms with Crippen molar-refractivity contribution in [3.63, 3.8) is 0 Å². The van der Waals surface area contributed by atoms with Crippen molar-refractivity contribution in [1.82, 2.24) is 4.90 Å². The summed E-state index contributed by atoms with van der Waals surface area (Å²) in [5, 5.41) is 0. The molecule has 0 radical (unpaired) electrons. The molecule has 0 N–H and O–H groups in total. The minimum atomic E-state index is -0.371. The third-order valence-electron chi connectivity index (χ3n) is 6.00. The number of esters is 1. The Morgan fingerprint density at radius 3 is 1.82 bits per heavy atom. The molecular weight excluding hydrogens is 354 g/mol.